The van der Waals surface area contributed by atoms with Gasteiger partial charge in [-0.3, -0.25) is 48.2 Å². The molecule has 3 aromatic heterocycles. The monoisotopic (exact) mass is 1380 g/mol. The lowest BCUT2D eigenvalue weighted by atomic mass is 9.51. The SMILES string of the molecule is Cc1c(-c2ccc(N3CCc4cccc(C(=O)Nc5nc6ccccc6s5)c4C3)nc2C(=O)O)cnn1CCCC1(OCCN(CCP(=O)(O)O)C(=O)OCc2ccc(NC(=O)[C@H](C)NC(=O)[C@@H](NC(=O)CCCCCN3C(=O)C=CC3=O)C(C)C)cc2)CC2(C)CCCC(C)(C2)C1. The first kappa shape index (κ1) is 72.1. The molecule has 3 aromatic carbocycles. The predicted octanol–water partition coefficient (Wildman–Crippen LogP) is 10.2. The molecule has 0 radical (unpaired) electrons. The lowest BCUT2D eigenvalue weighted by Crippen LogP contribution is -2.53. The van der Waals surface area contributed by atoms with E-state index in [1.54, 1.807) is 56.4 Å². The topological polar surface area (TPSA) is 334 Å². The van der Waals surface area contributed by atoms with Crippen LogP contribution in [0.15, 0.2) is 97.2 Å². The normalized spacial score (nSPS) is 19.6. The smallest absolute Gasteiger partial charge is 0.410 e. The number of aryl methyl sites for hydroxylation is 1. The number of fused-ring (bicyclic) bond motifs is 4. The largest absolute Gasteiger partial charge is 0.476 e. The molecule has 2 unspecified atom stereocenters. The Hall–Kier alpha value is -8.68. The first-order valence-corrected chi connectivity index (χ1v) is 36.2. The number of nitrogens with zero attached hydrogens (tertiary/aromatic N) is 7. The highest BCUT2D eigenvalue weighted by atomic mass is 32.1. The summed E-state index contributed by atoms with van der Waals surface area (Å²) in [6, 6.07) is 21.5. The third-order valence-corrected chi connectivity index (χ3v) is 21.0. The van der Waals surface area contributed by atoms with Gasteiger partial charge >= 0.3 is 19.7 Å². The number of carboxylic acid groups (broad SMARTS) is 1. The first-order valence-electron chi connectivity index (χ1n) is 33.6. The number of carbonyl (C=O) groups is 8. The quantitative estimate of drug-likeness (QED) is 0.0125. The molecule has 522 valence electrons. The van der Waals surface area contributed by atoms with Crippen LogP contribution in [0.25, 0.3) is 21.3 Å². The minimum atomic E-state index is -4.54. The van der Waals surface area contributed by atoms with E-state index in [1.807, 2.05) is 59.0 Å². The fraction of sp³-hybridized carbons (Fsp3) is 0.479. The molecule has 98 heavy (non-hydrogen) atoms. The van der Waals surface area contributed by atoms with Gasteiger partial charge in [-0.15, -0.1) is 0 Å². The third-order valence-electron chi connectivity index (χ3n) is 19.2. The number of carbonyl (C=O) groups excluding carboxylic acids is 7. The average molecular weight is 1380 g/mol. The van der Waals surface area contributed by atoms with Gasteiger partial charge in [0.15, 0.2) is 10.8 Å². The molecule has 7 amide bonds. The highest BCUT2D eigenvalue weighted by Gasteiger charge is 2.53. The van der Waals surface area contributed by atoms with Crippen LogP contribution >= 0.6 is 18.9 Å². The minimum Gasteiger partial charge on any atom is -0.476 e. The van der Waals surface area contributed by atoms with Gasteiger partial charge in [-0.2, -0.15) is 5.10 Å². The number of hydrogen-bond donors (Lipinski definition) is 7. The van der Waals surface area contributed by atoms with E-state index >= 15 is 0 Å². The molecule has 7 N–H and O–H groups in total. The summed E-state index contributed by atoms with van der Waals surface area (Å²) in [6.07, 6.45) is 12.1. The highest BCUT2D eigenvalue weighted by Crippen LogP contribution is 2.60. The van der Waals surface area contributed by atoms with Crippen molar-refractivity contribution in [2.75, 3.05) is 54.5 Å². The van der Waals surface area contributed by atoms with Crippen LogP contribution in [0.4, 0.5) is 21.4 Å². The molecule has 2 aliphatic carbocycles. The number of pyridine rings is 1. The van der Waals surface area contributed by atoms with Crippen molar-refractivity contribution in [3.8, 4) is 11.1 Å². The van der Waals surface area contributed by atoms with Crippen LogP contribution in [0.1, 0.15) is 155 Å². The Labute approximate surface area is 573 Å². The molecule has 2 fully saturated rings. The van der Waals surface area contributed by atoms with Gasteiger partial charge in [-0.1, -0.05) is 88.3 Å². The molecular formula is C71H88N11O14PS. The van der Waals surface area contributed by atoms with Crippen LogP contribution < -0.4 is 26.2 Å². The van der Waals surface area contributed by atoms with Gasteiger partial charge in [0.05, 0.1) is 34.8 Å². The van der Waals surface area contributed by atoms with Crippen molar-refractivity contribution in [3.05, 3.63) is 131 Å². The van der Waals surface area contributed by atoms with Crippen LogP contribution in [0, 0.1) is 23.7 Å². The predicted molar refractivity (Wildman–Crippen MR) is 370 cm³/mol. The van der Waals surface area contributed by atoms with E-state index < -0.39 is 55.3 Å². The summed E-state index contributed by atoms with van der Waals surface area (Å²) in [6.45, 7) is 12.8. The second kappa shape index (κ2) is 31.0. The summed E-state index contributed by atoms with van der Waals surface area (Å²) < 4.78 is 27.8. The van der Waals surface area contributed by atoms with Gasteiger partial charge < -0.3 is 50.1 Å². The number of aromatic nitrogens is 4. The second-order valence-electron chi connectivity index (χ2n) is 27.5. The van der Waals surface area contributed by atoms with Crippen molar-refractivity contribution in [2.24, 2.45) is 16.7 Å². The summed E-state index contributed by atoms with van der Waals surface area (Å²) >= 11 is 1.40. The number of imide groups is 1. The van der Waals surface area contributed by atoms with E-state index in [1.165, 1.54) is 35.3 Å². The molecule has 4 atom stereocenters. The molecule has 0 spiro atoms. The zero-order valence-corrected chi connectivity index (χ0v) is 58.1. The maximum atomic E-state index is 13.9. The molecular weight excluding hydrogens is 1290 g/mol. The number of rotatable bonds is 30. The zero-order valence-electron chi connectivity index (χ0n) is 56.3. The summed E-state index contributed by atoms with van der Waals surface area (Å²) in [5.41, 5.74) is 5.20. The lowest BCUT2D eigenvalue weighted by Gasteiger charge is -2.57. The van der Waals surface area contributed by atoms with Gasteiger partial charge in [0.2, 0.25) is 17.7 Å². The Balaban J connectivity index is 0.726. The van der Waals surface area contributed by atoms with Crippen molar-refractivity contribution in [2.45, 2.75) is 162 Å². The van der Waals surface area contributed by atoms with Gasteiger partial charge in [0, 0.05) is 85.9 Å². The zero-order chi connectivity index (χ0) is 70.1. The summed E-state index contributed by atoms with van der Waals surface area (Å²) in [5.74, 6) is -3.42. The highest BCUT2D eigenvalue weighted by molar-refractivity contribution is 7.51. The molecule has 27 heteroatoms. The van der Waals surface area contributed by atoms with Crippen LogP contribution in [0.2, 0.25) is 0 Å². The van der Waals surface area contributed by atoms with Crippen molar-refractivity contribution < 1.29 is 67.3 Å². The van der Waals surface area contributed by atoms with E-state index in [2.05, 4.69) is 40.1 Å². The van der Waals surface area contributed by atoms with Crippen LogP contribution in [-0.4, -0.2) is 149 Å². The summed E-state index contributed by atoms with van der Waals surface area (Å²) in [4.78, 5) is 137. The third kappa shape index (κ3) is 18.2. The second-order valence-corrected chi connectivity index (χ2v) is 30.3. The molecule has 2 bridgehead atoms. The van der Waals surface area contributed by atoms with E-state index in [4.69, 9.17) is 19.6 Å². The maximum Gasteiger partial charge on any atom is 0.410 e. The van der Waals surface area contributed by atoms with Crippen LogP contribution in [-0.2, 0) is 64.1 Å². The fourth-order valence-electron chi connectivity index (χ4n) is 14.6. The number of amides is 7. The standard InChI is InChI=1S/C71H88N11O14PS/c1-45(2)61(77-58(83)19-8-7-11-32-81-59(84)26-27-60(81)85)65(88)73-46(3)63(86)74-50-22-20-48(21-23-50)41-95-68(91)79(36-38-97(92,93)94)35-37-96-71(43-69(5)29-13-30-70(6,42-69)44-71)31-14-33-82-47(4)53(39-72-82)51-24-25-57(76-62(51)66(89)90)80-34-28-49-15-12-16-52(54(49)40-80)64(87)78-67-75-55-17-9-10-18-56(55)98-67/h9-10,12,15-18,20-27,39,45-46,61H,7-8,11,13-14,19,28-38,40-44H2,1-6H3,(H,73,88)(H,74,86)(H,77,83)(H,89,90)(H,75,78,87)(H2,92,93,94)/t46-,61-,69?,70?,71?/m0/s1. The van der Waals surface area contributed by atoms with E-state index in [0.29, 0.717) is 97.0 Å². The number of nitrogens with one attached hydrogen (secondary N) is 4. The van der Waals surface area contributed by atoms with Crippen molar-refractivity contribution in [1.29, 1.82) is 0 Å². The van der Waals surface area contributed by atoms with E-state index in [-0.39, 0.29) is 85.3 Å². The first-order chi connectivity index (χ1) is 46.6. The number of anilines is 3. The molecule has 2 aliphatic heterocycles. The Kier molecular flexibility index (Phi) is 22.8. The Morgan fingerprint density at radius 1 is 0.796 bits per heavy atom. The van der Waals surface area contributed by atoms with Gasteiger partial charge in [0.1, 0.15) is 24.5 Å². The van der Waals surface area contributed by atoms with Crippen molar-refractivity contribution >= 4 is 93.3 Å². The Bertz CT molecular complexity index is 3990. The molecule has 6 aromatic rings. The number of para-hydroxylation sites is 1. The van der Waals surface area contributed by atoms with Crippen molar-refractivity contribution in [1.82, 2.24) is 40.2 Å². The number of ether oxygens (including phenoxy) is 2. The number of thiazole rings is 1. The van der Waals surface area contributed by atoms with Gasteiger partial charge in [-0.05, 0) is 154 Å². The molecule has 5 heterocycles. The fourth-order valence-corrected chi connectivity index (χ4v) is 16.0. The molecule has 4 aliphatic rings. The number of carboxylic acids is 1. The summed E-state index contributed by atoms with van der Waals surface area (Å²) in [5, 5.41) is 27.1. The molecule has 0 saturated heterocycles. The van der Waals surface area contributed by atoms with Gasteiger partial charge in [0.25, 0.3) is 17.7 Å². The molecule has 2 saturated carbocycles. The van der Waals surface area contributed by atoms with E-state index in [9.17, 15) is 57.8 Å². The molecule has 10 rings (SSSR count). The van der Waals surface area contributed by atoms with Crippen LogP contribution in [0.5, 0.6) is 0 Å². The average Bonchev–Trinajstić information content (AvgIpc) is 0.990. The number of aromatic carboxylic acids is 1. The lowest BCUT2D eigenvalue weighted by molar-refractivity contribution is -0.160. The summed E-state index contributed by atoms with van der Waals surface area (Å²) in [7, 11) is -4.54. The van der Waals surface area contributed by atoms with Crippen LogP contribution in [0.3, 0.4) is 0 Å². The molecule has 25 nitrogen and oxygen atoms in total. The van der Waals surface area contributed by atoms with E-state index in [0.717, 1.165) is 70.5 Å². The Morgan fingerprint density at radius 2 is 1.53 bits per heavy atom. The number of unbranched alkanes of at least 4 members (excludes halogenated alkanes) is 2. The Morgan fingerprint density at radius 3 is 2.23 bits per heavy atom. The minimum absolute atomic E-state index is 0.00701. The maximum absolute atomic E-state index is 13.9. The number of hydrogen-bond acceptors (Lipinski definition) is 16. The van der Waals surface area contributed by atoms with Crippen molar-refractivity contribution in [3.63, 3.8) is 0 Å². The van der Waals surface area contributed by atoms with Gasteiger partial charge in [-0.25, -0.2) is 19.6 Å². The number of benzene rings is 3.